The van der Waals surface area contributed by atoms with Gasteiger partial charge in [-0.2, -0.15) is 0 Å². The molecule has 0 radical (unpaired) electrons. The summed E-state index contributed by atoms with van der Waals surface area (Å²) in [6.45, 7) is 0. The lowest BCUT2D eigenvalue weighted by Crippen LogP contribution is -2.03. The summed E-state index contributed by atoms with van der Waals surface area (Å²) in [5.74, 6) is 0.434. The van der Waals surface area contributed by atoms with Gasteiger partial charge in [-0.05, 0) is 41.7 Å². The number of hydrogen-bond acceptors (Lipinski definition) is 5. The van der Waals surface area contributed by atoms with Crippen LogP contribution in [0, 0.1) is 0 Å². The fourth-order valence-corrected chi connectivity index (χ4v) is 2.85. The van der Waals surface area contributed by atoms with Crippen LogP contribution in [0.3, 0.4) is 0 Å². The number of aromatic nitrogens is 2. The van der Waals surface area contributed by atoms with Crippen LogP contribution in [0.25, 0.3) is 11.1 Å². The lowest BCUT2D eigenvalue weighted by Gasteiger charge is -2.05. The van der Waals surface area contributed by atoms with Crippen molar-refractivity contribution in [3.8, 4) is 22.9 Å². The van der Waals surface area contributed by atoms with Crippen LogP contribution in [0.1, 0.15) is 24.0 Å². The maximum absolute atomic E-state index is 12.1. The summed E-state index contributed by atoms with van der Waals surface area (Å²) < 4.78 is 4.97. The molecule has 0 unspecified atom stereocenters. The van der Waals surface area contributed by atoms with E-state index >= 15 is 0 Å². The SMILES string of the molecule is COc1ncc(-c2ccc(CCCC(=O)Cc3ccc(O)cc3)cc2)cn1. The Labute approximate surface area is 158 Å². The summed E-state index contributed by atoms with van der Waals surface area (Å²) in [7, 11) is 1.54. The van der Waals surface area contributed by atoms with Gasteiger partial charge in [0.2, 0.25) is 0 Å². The zero-order chi connectivity index (χ0) is 19.1. The van der Waals surface area contributed by atoms with Gasteiger partial charge in [-0.3, -0.25) is 4.79 Å². The maximum Gasteiger partial charge on any atom is 0.316 e. The fourth-order valence-electron chi connectivity index (χ4n) is 2.85. The molecule has 5 nitrogen and oxygen atoms in total. The topological polar surface area (TPSA) is 72.3 Å². The van der Waals surface area contributed by atoms with E-state index in [1.807, 2.05) is 12.1 Å². The van der Waals surface area contributed by atoms with Crippen LogP contribution in [0.4, 0.5) is 0 Å². The molecule has 1 N–H and O–H groups in total. The summed E-state index contributed by atoms with van der Waals surface area (Å²) in [5.41, 5.74) is 4.12. The highest BCUT2D eigenvalue weighted by Crippen LogP contribution is 2.20. The third-order valence-electron chi connectivity index (χ3n) is 4.36. The fraction of sp³-hybridized carbons (Fsp3) is 0.227. The predicted molar refractivity (Wildman–Crippen MR) is 104 cm³/mol. The number of Topliss-reactive ketones (excluding diaryl/α,β-unsaturated/α-hetero) is 1. The molecule has 0 saturated heterocycles. The van der Waals surface area contributed by atoms with Crippen molar-refractivity contribution >= 4 is 5.78 Å². The molecule has 0 aliphatic heterocycles. The number of phenols is 1. The first-order chi connectivity index (χ1) is 13.1. The van der Waals surface area contributed by atoms with Crippen LogP contribution in [0.5, 0.6) is 11.8 Å². The van der Waals surface area contributed by atoms with Gasteiger partial charge < -0.3 is 9.84 Å². The summed E-state index contributed by atoms with van der Waals surface area (Å²) >= 11 is 0. The van der Waals surface area contributed by atoms with E-state index in [4.69, 9.17) is 4.74 Å². The van der Waals surface area contributed by atoms with Crippen LogP contribution in [0.15, 0.2) is 60.9 Å². The quantitative estimate of drug-likeness (QED) is 0.656. The number of phenolic OH excluding ortho intramolecular Hbond substituents is 1. The number of rotatable bonds is 8. The highest BCUT2D eigenvalue weighted by Gasteiger charge is 2.05. The molecule has 0 atom stereocenters. The Morgan fingerprint density at radius 3 is 2.19 bits per heavy atom. The van der Waals surface area contributed by atoms with Crippen LogP contribution in [-0.2, 0) is 17.6 Å². The minimum Gasteiger partial charge on any atom is -0.508 e. The van der Waals surface area contributed by atoms with Crippen molar-refractivity contribution in [2.75, 3.05) is 7.11 Å². The molecule has 0 spiro atoms. The van der Waals surface area contributed by atoms with Gasteiger partial charge in [-0.1, -0.05) is 36.4 Å². The van der Waals surface area contributed by atoms with Crippen molar-refractivity contribution in [1.82, 2.24) is 9.97 Å². The Bertz CT molecular complexity index is 873. The monoisotopic (exact) mass is 362 g/mol. The van der Waals surface area contributed by atoms with Crippen LogP contribution < -0.4 is 4.74 Å². The first-order valence-electron chi connectivity index (χ1n) is 8.89. The zero-order valence-electron chi connectivity index (χ0n) is 15.3. The molecule has 3 aromatic rings. The summed E-state index contributed by atoms with van der Waals surface area (Å²) in [4.78, 5) is 20.3. The number of methoxy groups -OCH3 is 1. The molecule has 1 aromatic heterocycles. The third kappa shape index (κ3) is 5.38. The zero-order valence-corrected chi connectivity index (χ0v) is 15.3. The number of carbonyl (C=O) groups is 1. The molecule has 1 heterocycles. The number of aryl methyl sites for hydroxylation is 1. The van der Waals surface area contributed by atoms with Gasteiger partial charge >= 0.3 is 6.01 Å². The maximum atomic E-state index is 12.1. The second-order valence-corrected chi connectivity index (χ2v) is 6.39. The minimum absolute atomic E-state index is 0.215. The average molecular weight is 362 g/mol. The standard InChI is InChI=1S/C22H22N2O3/c1-27-22-23-14-19(15-24-22)18-9-5-16(6-10-18)3-2-4-21(26)13-17-7-11-20(25)12-8-17/h5-12,14-15,25H,2-4,13H2,1H3. The summed E-state index contributed by atoms with van der Waals surface area (Å²) in [5, 5.41) is 9.28. The minimum atomic E-state index is 0.215. The Balaban J connectivity index is 1.48. The van der Waals surface area contributed by atoms with E-state index in [-0.39, 0.29) is 11.5 Å². The van der Waals surface area contributed by atoms with E-state index in [0.717, 1.165) is 29.5 Å². The molecule has 0 amide bonds. The Morgan fingerprint density at radius 1 is 0.926 bits per heavy atom. The third-order valence-corrected chi connectivity index (χ3v) is 4.36. The van der Waals surface area contributed by atoms with E-state index < -0.39 is 0 Å². The number of aromatic hydroxyl groups is 1. The molecular formula is C22H22N2O3. The molecule has 5 heteroatoms. The second kappa shape index (κ2) is 8.94. The molecule has 0 aliphatic rings. The highest BCUT2D eigenvalue weighted by molar-refractivity contribution is 5.80. The molecular weight excluding hydrogens is 340 g/mol. The van der Waals surface area contributed by atoms with E-state index in [9.17, 15) is 9.90 Å². The van der Waals surface area contributed by atoms with Crippen LogP contribution in [-0.4, -0.2) is 28.0 Å². The molecule has 138 valence electrons. The molecule has 0 aliphatic carbocycles. The van der Waals surface area contributed by atoms with Gasteiger partial charge in [0, 0.05) is 30.8 Å². The van der Waals surface area contributed by atoms with E-state index in [1.54, 1.807) is 43.8 Å². The number of hydrogen-bond donors (Lipinski definition) is 1. The Hall–Kier alpha value is -3.21. The Kier molecular flexibility index (Phi) is 6.15. The lowest BCUT2D eigenvalue weighted by atomic mass is 10.0. The van der Waals surface area contributed by atoms with E-state index in [1.165, 1.54) is 5.56 Å². The van der Waals surface area contributed by atoms with Crippen molar-refractivity contribution < 1.29 is 14.6 Å². The van der Waals surface area contributed by atoms with Crippen LogP contribution in [0.2, 0.25) is 0 Å². The highest BCUT2D eigenvalue weighted by atomic mass is 16.5. The van der Waals surface area contributed by atoms with Crippen molar-refractivity contribution in [2.24, 2.45) is 0 Å². The average Bonchev–Trinajstić information content (AvgIpc) is 2.70. The van der Waals surface area contributed by atoms with Crippen molar-refractivity contribution in [1.29, 1.82) is 0 Å². The largest absolute Gasteiger partial charge is 0.508 e. The van der Waals surface area contributed by atoms with E-state index in [0.29, 0.717) is 18.9 Å². The number of nitrogens with zero attached hydrogens (tertiary/aromatic N) is 2. The molecule has 0 saturated carbocycles. The second-order valence-electron chi connectivity index (χ2n) is 6.39. The first kappa shape index (κ1) is 18.6. The van der Waals surface area contributed by atoms with Gasteiger partial charge in [-0.15, -0.1) is 0 Å². The van der Waals surface area contributed by atoms with Gasteiger partial charge in [0.1, 0.15) is 11.5 Å². The molecule has 3 rings (SSSR count). The number of benzene rings is 2. The molecule has 0 bridgehead atoms. The number of ketones is 1. The Morgan fingerprint density at radius 2 is 1.56 bits per heavy atom. The van der Waals surface area contributed by atoms with Gasteiger partial charge in [0.05, 0.1) is 7.11 Å². The smallest absolute Gasteiger partial charge is 0.316 e. The molecule has 27 heavy (non-hydrogen) atoms. The predicted octanol–water partition coefficient (Wildman–Crippen LogP) is 3.99. The van der Waals surface area contributed by atoms with Crippen molar-refractivity contribution in [3.63, 3.8) is 0 Å². The molecule has 0 fully saturated rings. The lowest BCUT2D eigenvalue weighted by molar-refractivity contribution is -0.118. The first-order valence-corrected chi connectivity index (χ1v) is 8.89. The normalized spacial score (nSPS) is 10.6. The molecule has 2 aromatic carbocycles. The van der Waals surface area contributed by atoms with Crippen LogP contribution >= 0.6 is 0 Å². The van der Waals surface area contributed by atoms with Gasteiger partial charge in [-0.25, -0.2) is 9.97 Å². The van der Waals surface area contributed by atoms with E-state index in [2.05, 4.69) is 22.1 Å². The van der Waals surface area contributed by atoms with Crippen molar-refractivity contribution in [2.45, 2.75) is 25.7 Å². The summed E-state index contributed by atoms with van der Waals surface area (Å²) in [6, 6.07) is 15.4. The van der Waals surface area contributed by atoms with Crippen molar-refractivity contribution in [3.05, 3.63) is 72.1 Å². The van der Waals surface area contributed by atoms with Gasteiger partial charge in [0.15, 0.2) is 0 Å². The number of ether oxygens (including phenoxy) is 1. The van der Waals surface area contributed by atoms with Gasteiger partial charge in [0.25, 0.3) is 0 Å². The number of carbonyl (C=O) groups excluding carboxylic acids is 1. The summed E-state index contributed by atoms with van der Waals surface area (Å²) in [6.07, 6.45) is 6.12.